The minimum atomic E-state index is 0.398. The van der Waals surface area contributed by atoms with Crippen molar-refractivity contribution >= 4 is 0 Å². The second-order valence-electron chi connectivity index (χ2n) is 5.40. The van der Waals surface area contributed by atoms with Crippen molar-refractivity contribution in [3.8, 4) is 0 Å². The first-order valence-corrected chi connectivity index (χ1v) is 6.78. The number of rotatable bonds is 4. The minimum Gasteiger partial charge on any atom is -0.380 e. The summed E-state index contributed by atoms with van der Waals surface area (Å²) in [5.41, 5.74) is 0.398. The summed E-state index contributed by atoms with van der Waals surface area (Å²) in [6.07, 6.45) is 6.93. The van der Waals surface area contributed by atoms with Crippen molar-refractivity contribution in [3.05, 3.63) is 0 Å². The van der Waals surface area contributed by atoms with E-state index in [0.717, 1.165) is 6.54 Å². The Kier molecular flexibility index (Phi) is 4.22. The Morgan fingerprint density at radius 1 is 1.44 bits per heavy atom. The first-order chi connectivity index (χ1) is 7.78. The molecule has 3 heteroatoms. The maximum Gasteiger partial charge on any atom is 0.0698 e. The number of ether oxygens (including phenoxy) is 1. The van der Waals surface area contributed by atoms with Gasteiger partial charge in [0.15, 0.2) is 0 Å². The van der Waals surface area contributed by atoms with E-state index in [-0.39, 0.29) is 0 Å². The maximum atomic E-state index is 5.49. The summed E-state index contributed by atoms with van der Waals surface area (Å²) in [6, 6.07) is 0. The molecule has 0 bridgehead atoms. The van der Waals surface area contributed by atoms with Gasteiger partial charge >= 0.3 is 0 Å². The van der Waals surface area contributed by atoms with Crippen LogP contribution in [0.3, 0.4) is 0 Å². The Morgan fingerprint density at radius 3 is 2.94 bits per heavy atom. The number of nitrogens with zero attached hydrogens (tertiary/aromatic N) is 1. The van der Waals surface area contributed by atoms with Gasteiger partial charge in [0.1, 0.15) is 0 Å². The van der Waals surface area contributed by atoms with Gasteiger partial charge in [-0.1, -0.05) is 6.92 Å². The van der Waals surface area contributed by atoms with E-state index in [0.29, 0.717) is 11.6 Å². The summed E-state index contributed by atoms with van der Waals surface area (Å²) in [4.78, 5) is 2.60. The van der Waals surface area contributed by atoms with Gasteiger partial charge < -0.3 is 10.1 Å². The van der Waals surface area contributed by atoms with Crippen LogP contribution in [0.4, 0.5) is 0 Å². The smallest absolute Gasteiger partial charge is 0.0698 e. The predicted molar refractivity (Wildman–Crippen MR) is 66.7 cm³/mol. The molecule has 0 aliphatic carbocycles. The normalized spacial score (nSPS) is 36.8. The van der Waals surface area contributed by atoms with Crippen LogP contribution in [0.2, 0.25) is 0 Å². The number of methoxy groups -OCH3 is 1. The molecule has 0 spiro atoms. The maximum absolute atomic E-state index is 5.49. The number of piperidine rings is 1. The van der Waals surface area contributed by atoms with Gasteiger partial charge in [-0.3, -0.25) is 4.90 Å². The average molecular weight is 226 g/mol. The van der Waals surface area contributed by atoms with Gasteiger partial charge in [0.25, 0.3) is 0 Å². The molecular formula is C13H26N2O. The van der Waals surface area contributed by atoms with Gasteiger partial charge in [-0.25, -0.2) is 0 Å². The topological polar surface area (TPSA) is 24.5 Å². The highest BCUT2D eigenvalue weighted by atomic mass is 16.5. The molecule has 2 aliphatic rings. The van der Waals surface area contributed by atoms with Crippen LogP contribution >= 0.6 is 0 Å². The van der Waals surface area contributed by atoms with Crippen molar-refractivity contribution in [3.63, 3.8) is 0 Å². The summed E-state index contributed by atoms with van der Waals surface area (Å²) < 4.78 is 5.49. The third-order valence-corrected chi connectivity index (χ3v) is 4.33. The zero-order valence-electron chi connectivity index (χ0n) is 10.8. The van der Waals surface area contributed by atoms with E-state index in [1.54, 1.807) is 0 Å². The van der Waals surface area contributed by atoms with Crippen molar-refractivity contribution in [2.24, 2.45) is 0 Å². The number of likely N-dealkylation sites (tertiary alicyclic amines) is 1. The van der Waals surface area contributed by atoms with Crippen molar-refractivity contribution in [1.82, 2.24) is 10.2 Å². The molecule has 0 amide bonds. The third kappa shape index (κ3) is 2.76. The molecule has 0 aromatic heterocycles. The zero-order chi connectivity index (χ0) is 11.4. The SMILES string of the molecule is CCC1(CN2CCCC(OC)C2)CCCN1. The van der Waals surface area contributed by atoms with Crippen LogP contribution in [0, 0.1) is 0 Å². The Labute approximate surface area is 99.5 Å². The van der Waals surface area contributed by atoms with E-state index in [4.69, 9.17) is 4.74 Å². The molecule has 0 saturated carbocycles. The number of hydrogen-bond acceptors (Lipinski definition) is 3. The van der Waals surface area contributed by atoms with Crippen LogP contribution in [0.5, 0.6) is 0 Å². The van der Waals surface area contributed by atoms with E-state index in [1.165, 1.54) is 51.7 Å². The van der Waals surface area contributed by atoms with Gasteiger partial charge in [0.05, 0.1) is 6.10 Å². The molecule has 2 unspecified atom stereocenters. The highest BCUT2D eigenvalue weighted by Crippen LogP contribution is 2.25. The Balaban J connectivity index is 1.87. The van der Waals surface area contributed by atoms with Crippen LogP contribution in [0.25, 0.3) is 0 Å². The van der Waals surface area contributed by atoms with Gasteiger partial charge in [-0.15, -0.1) is 0 Å². The molecule has 16 heavy (non-hydrogen) atoms. The van der Waals surface area contributed by atoms with Crippen LogP contribution < -0.4 is 5.32 Å². The van der Waals surface area contributed by atoms with Gasteiger partial charge in [0.2, 0.25) is 0 Å². The van der Waals surface area contributed by atoms with Gasteiger partial charge in [-0.2, -0.15) is 0 Å². The Hall–Kier alpha value is -0.120. The van der Waals surface area contributed by atoms with Gasteiger partial charge in [0, 0.05) is 25.7 Å². The van der Waals surface area contributed by atoms with E-state index >= 15 is 0 Å². The average Bonchev–Trinajstić information content (AvgIpc) is 2.78. The fraction of sp³-hybridized carbons (Fsp3) is 1.00. The summed E-state index contributed by atoms with van der Waals surface area (Å²) >= 11 is 0. The molecular weight excluding hydrogens is 200 g/mol. The molecule has 0 radical (unpaired) electrons. The lowest BCUT2D eigenvalue weighted by Crippen LogP contribution is -2.52. The molecule has 2 atom stereocenters. The second-order valence-corrected chi connectivity index (χ2v) is 5.40. The van der Waals surface area contributed by atoms with Crippen LogP contribution in [0.1, 0.15) is 39.0 Å². The van der Waals surface area contributed by atoms with Gasteiger partial charge in [-0.05, 0) is 45.2 Å². The Morgan fingerprint density at radius 2 is 2.31 bits per heavy atom. The van der Waals surface area contributed by atoms with Crippen molar-refractivity contribution in [1.29, 1.82) is 0 Å². The first-order valence-electron chi connectivity index (χ1n) is 6.78. The molecule has 0 aromatic carbocycles. The molecule has 0 aromatic rings. The third-order valence-electron chi connectivity index (χ3n) is 4.33. The zero-order valence-corrected chi connectivity index (χ0v) is 10.8. The van der Waals surface area contributed by atoms with Crippen LogP contribution in [-0.4, -0.2) is 49.8 Å². The van der Waals surface area contributed by atoms with Crippen molar-refractivity contribution in [2.75, 3.05) is 33.3 Å². The lowest BCUT2D eigenvalue weighted by molar-refractivity contribution is 0.0213. The predicted octanol–water partition coefficient (Wildman–Crippen LogP) is 1.63. The lowest BCUT2D eigenvalue weighted by atomic mass is 9.92. The molecule has 2 rings (SSSR count). The highest BCUT2D eigenvalue weighted by Gasteiger charge is 2.34. The molecule has 2 aliphatic heterocycles. The summed E-state index contributed by atoms with van der Waals surface area (Å²) in [5, 5.41) is 3.72. The molecule has 94 valence electrons. The monoisotopic (exact) mass is 226 g/mol. The quantitative estimate of drug-likeness (QED) is 0.788. The van der Waals surface area contributed by atoms with Crippen molar-refractivity contribution < 1.29 is 4.74 Å². The highest BCUT2D eigenvalue weighted by molar-refractivity contribution is 4.95. The molecule has 1 N–H and O–H groups in total. The van der Waals surface area contributed by atoms with Crippen molar-refractivity contribution in [2.45, 2.75) is 50.7 Å². The second kappa shape index (κ2) is 5.48. The molecule has 2 saturated heterocycles. The lowest BCUT2D eigenvalue weighted by Gasteiger charge is -2.39. The van der Waals surface area contributed by atoms with E-state index in [9.17, 15) is 0 Å². The molecule has 2 heterocycles. The molecule has 2 fully saturated rings. The number of nitrogens with one attached hydrogen (secondary N) is 1. The van der Waals surface area contributed by atoms with E-state index in [1.807, 2.05) is 7.11 Å². The first kappa shape index (κ1) is 12.3. The molecule has 3 nitrogen and oxygen atoms in total. The standard InChI is InChI=1S/C13H26N2O/c1-3-13(7-5-8-14-13)11-15-9-4-6-12(10-15)16-2/h12,14H,3-11H2,1-2H3. The summed E-state index contributed by atoms with van der Waals surface area (Å²) in [5.74, 6) is 0. The number of hydrogen-bond donors (Lipinski definition) is 1. The fourth-order valence-corrected chi connectivity index (χ4v) is 3.19. The fourth-order valence-electron chi connectivity index (χ4n) is 3.19. The summed E-state index contributed by atoms with van der Waals surface area (Å²) in [7, 11) is 1.84. The largest absolute Gasteiger partial charge is 0.380 e. The minimum absolute atomic E-state index is 0.398. The Bertz CT molecular complexity index is 214. The van der Waals surface area contributed by atoms with E-state index < -0.39 is 0 Å². The van der Waals surface area contributed by atoms with E-state index in [2.05, 4.69) is 17.1 Å². The van der Waals surface area contributed by atoms with Crippen LogP contribution in [0.15, 0.2) is 0 Å². The summed E-state index contributed by atoms with van der Waals surface area (Å²) in [6.45, 7) is 7.11. The van der Waals surface area contributed by atoms with Crippen LogP contribution in [-0.2, 0) is 4.74 Å².